The molecule has 0 amide bonds. The quantitative estimate of drug-likeness (QED) is 0.682. The number of nitrogens with one attached hydrogen (secondary N) is 1. The fraction of sp³-hybridized carbons (Fsp3) is 0.846. The molecule has 0 aromatic heterocycles. The Hall–Kier alpha value is -0.340. The fourth-order valence-electron chi connectivity index (χ4n) is 2.28. The molecular formula is C13H25NO. The topological polar surface area (TPSA) is 21.3 Å². The van der Waals surface area contributed by atoms with E-state index in [2.05, 4.69) is 25.7 Å². The van der Waals surface area contributed by atoms with E-state index in [9.17, 15) is 0 Å². The molecule has 1 heterocycles. The van der Waals surface area contributed by atoms with E-state index in [-0.39, 0.29) is 0 Å². The van der Waals surface area contributed by atoms with Crippen molar-refractivity contribution in [3.05, 3.63) is 12.7 Å². The normalized spacial score (nSPS) is 28.7. The SMILES string of the molecule is C=CCC(C)NC1CCOC(CCC)C1. The van der Waals surface area contributed by atoms with E-state index in [0.717, 1.165) is 19.4 Å². The second-order valence-electron chi connectivity index (χ2n) is 4.59. The van der Waals surface area contributed by atoms with Crippen LogP contribution in [0.25, 0.3) is 0 Å². The van der Waals surface area contributed by atoms with Crippen LogP contribution in [0.3, 0.4) is 0 Å². The summed E-state index contributed by atoms with van der Waals surface area (Å²) in [5, 5.41) is 3.66. The Morgan fingerprint density at radius 2 is 2.40 bits per heavy atom. The molecule has 0 spiro atoms. The first kappa shape index (κ1) is 12.7. The fourth-order valence-corrected chi connectivity index (χ4v) is 2.28. The van der Waals surface area contributed by atoms with Gasteiger partial charge in [0.05, 0.1) is 6.10 Å². The van der Waals surface area contributed by atoms with Crippen LogP contribution in [0, 0.1) is 0 Å². The maximum atomic E-state index is 5.73. The van der Waals surface area contributed by atoms with E-state index in [1.165, 1.54) is 19.3 Å². The third-order valence-corrected chi connectivity index (χ3v) is 3.02. The first-order valence-corrected chi connectivity index (χ1v) is 6.24. The van der Waals surface area contributed by atoms with Gasteiger partial charge in [-0.1, -0.05) is 19.4 Å². The lowest BCUT2D eigenvalue weighted by Crippen LogP contribution is -2.42. The van der Waals surface area contributed by atoms with Crippen molar-refractivity contribution < 1.29 is 4.74 Å². The van der Waals surface area contributed by atoms with Gasteiger partial charge in [-0.05, 0) is 32.6 Å². The molecule has 1 fully saturated rings. The highest BCUT2D eigenvalue weighted by Gasteiger charge is 2.22. The largest absolute Gasteiger partial charge is 0.378 e. The number of ether oxygens (including phenoxy) is 1. The molecule has 15 heavy (non-hydrogen) atoms. The molecular weight excluding hydrogens is 186 g/mol. The smallest absolute Gasteiger partial charge is 0.0589 e. The Morgan fingerprint density at radius 3 is 3.07 bits per heavy atom. The summed E-state index contributed by atoms with van der Waals surface area (Å²) in [4.78, 5) is 0. The van der Waals surface area contributed by atoms with E-state index in [4.69, 9.17) is 4.74 Å². The van der Waals surface area contributed by atoms with Crippen LogP contribution in [0.5, 0.6) is 0 Å². The van der Waals surface area contributed by atoms with Crippen LogP contribution >= 0.6 is 0 Å². The molecule has 1 aliphatic rings. The van der Waals surface area contributed by atoms with E-state index in [1.54, 1.807) is 0 Å². The van der Waals surface area contributed by atoms with Crippen molar-refractivity contribution in [2.45, 2.75) is 64.1 Å². The highest BCUT2D eigenvalue weighted by molar-refractivity contribution is 4.82. The molecule has 0 bridgehead atoms. The molecule has 3 unspecified atom stereocenters. The zero-order valence-electron chi connectivity index (χ0n) is 10.2. The summed E-state index contributed by atoms with van der Waals surface area (Å²) in [5.74, 6) is 0. The predicted molar refractivity (Wildman–Crippen MR) is 65.1 cm³/mol. The van der Waals surface area contributed by atoms with Gasteiger partial charge in [0, 0.05) is 18.7 Å². The average molecular weight is 211 g/mol. The Kier molecular flexibility index (Phi) is 5.96. The molecule has 1 saturated heterocycles. The zero-order chi connectivity index (χ0) is 11.1. The lowest BCUT2D eigenvalue weighted by molar-refractivity contribution is -0.00460. The van der Waals surface area contributed by atoms with Gasteiger partial charge in [0.25, 0.3) is 0 Å². The van der Waals surface area contributed by atoms with Crippen LogP contribution in [0.4, 0.5) is 0 Å². The third-order valence-electron chi connectivity index (χ3n) is 3.02. The molecule has 0 aliphatic carbocycles. The summed E-state index contributed by atoms with van der Waals surface area (Å²) >= 11 is 0. The van der Waals surface area contributed by atoms with E-state index < -0.39 is 0 Å². The van der Waals surface area contributed by atoms with Crippen LogP contribution in [0.2, 0.25) is 0 Å². The zero-order valence-corrected chi connectivity index (χ0v) is 10.2. The summed E-state index contributed by atoms with van der Waals surface area (Å²) in [6.07, 6.45) is 8.28. The van der Waals surface area contributed by atoms with Gasteiger partial charge < -0.3 is 10.1 Å². The van der Waals surface area contributed by atoms with Crippen LogP contribution in [-0.2, 0) is 4.74 Å². The van der Waals surface area contributed by atoms with Crippen molar-refractivity contribution in [1.29, 1.82) is 0 Å². The minimum absolute atomic E-state index is 0.484. The molecule has 1 rings (SSSR count). The van der Waals surface area contributed by atoms with E-state index >= 15 is 0 Å². The minimum Gasteiger partial charge on any atom is -0.378 e. The van der Waals surface area contributed by atoms with Crippen LogP contribution in [0.1, 0.15) is 46.0 Å². The van der Waals surface area contributed by atoms with Gasteiger partial charge in [-0.3, -0.25) is 0 Å². The van der Waals surface area contributed by atoms with E-state index in [1.807, 2.05) is 6.08 Å². The minimum atomic E-state index is 0.484. The standard InChI is InChI=1S/C13H25NO/c1-4-6-11(3)14-12-8-9-15-13(10-12)7-5-2/h4,11-14H,1,5-10H2,2-3H3. The number of rotatable bonds is 6. The van der Waals surface area contributed by atoms with Crippen LogP contribution < -0.4 is 5.32 Å². The van der Waals surface area contributed by atoms with Crippen molar-refractivity contribution in [3.63, 3.8) is 0 Å². The van der Waals surface area contributed by atoms with Gasteiger partial charge >= 0.3 is 0 Å². The second kappa shape index (κ2) is 7.02. The van der Waals surface area contributed by atoms with Gasteiger partial charge in [-0.15, -0.1) is 6.58 Å². The second-order valence-corrected chi connectivity index (χ2v) is 4.59. The number of hydrogen-bond acceptors (Lipinski definition) is 2. The summed E-state index contributed by atoms with van der Waals surface area (Å²) in [5.41, 5.74) is 0. The Bertz CT molecular complexity index is 179. The lowest BCUT2D eigenvalue weighted by Gasteiger charge is -2.32. The monoisotopic (exact) mass is 211 g/mol. The highest BCUT2D eigenvalue weighted by Crippen LogP contribution is 2.18. The molecule has 0 aromatic carbocycles. The molecule has 0 aromatic rings. The first-order valence-electron chi connectivity index (χ1n) is 6.24. The molecule has 88 valence electrons. The van der Waals surface area contributed by atoms with Crippen molar-refractivity contribution in [2.75, 3.05) is 6.61 Å². The van der Waals surface area contributed by atoms with Gasteiger partial charge in [0.2, 0.25) is 0 Å². The van der Waals surface area contributed by atoms with Gasteiger partial charge in [0.15, 0.2) is 0 Å². The van der Waals surface area contributed by atoms with Crippen LogP contribution in [-0.4, -0.2) is 24.8 Å². The Morgan fingerprint density at radius 1 is 1.60 bits per heavy atom. The van der Waals surface area contributed by atoms with Crippen molar-refractivity contribution in [1.82, 2.24) is 5.32 Å². The first-order chi connectivity index (χ1) is 7.26. The Balaban J connectivity index is 2.26. The van der Waals surface area contributed by atoms with Crippen LogP contribution in [0.15, 0.2) is 12.7 Å². The maximum Gasteiger partial charge on any atom is 0.0589 e. The van der Waals surface area contributed by atoms with Gasteiger partial charge in [-0.2, -0.15) is 0 Å². The van der Waals surface area contributed by atoms with Gasteiger partial charge in [-0.25, -0.2) is 0 Å². The van der Waals surface area contributed by atoms with Crippen molar-refractivity contribution >= 4 is 0 Å². The maximum absolute atomic E-state index is 5.73. The lowest BCUT2D eigenvalue weighted by atomic mass is 9.99. The third kappa shape index (κ3) is 4.80. The van der Waals surface area contributed by atoms with Gasteiger partial charge in [0.1, 0.15) is 0 Å². The summed E-state index contributed by atoms with van der Waals surface area (Å²) in [6, 6.07) is 1.19. The molecule has 3 atom stereocenters. The number of hydrogen-bond donors (Lipinski definition) is 1. The molecule has 0 saturated carbocycles. The molecule has 1 aliphatic heterocycles. The average Bonchev–Trinajstić information content (AvgIpc) is 2.19. The Labute approximate surface area is 94.1 Å². The highest BCUT2D eigenvalue weighted by atomic mass is 16.5. The summed E-state index contributed by atoms with van der Waals surface area (Å²) in [6.45, 7) is 9.14. The predicted octanol–water partition coefficient (Wildman–Crippen LogP) is 2.89. The molecule has 0 radical (unpaired) electrons. The van der Waals surface area contributed by atoms with E-state index in [0.29, 0.717) is 18.2 Å². The van der Waals surface area contributed by atoms with Crippen molar-refractivity contribution in [2.24, 2.45) is 0 Å². The molecule has 2 nitrogen and oxygen atoms in total. The van der Waals surface area contributed by atoms with Crippen molar-refractivity contribution in [3.8, 4) is 0 Å². The summed E-state index contributed by atoms with van der Waals surface area (Å²) < 4.78 is 5.73. The summed E-state index contributed by atoms with van der Waals surface area (Å²) in [7, 11) is 0. The molecule has 1 N–H and O–H groups in total. The molecule has 2 heteroatoms.